The van der Waals surface area contributed by atoms with Gasteiger partial charge in [0.25, 0.3) is 0 Å². The summed E-state index contributed by atoms with van der Waals surface area (Å²) >= 11 is 0. The number of rotatable bonds is 5. The van der Waals surface area contributed by atoms with E-state index in [0.29, 0.717) is 22.7 Å². The molecule has 3 nitrogen and oxygen atoms in total. The lowest BCUT2D eigenvalue weighted by atomic mass is 9.44. The van der Waals surface area contributed by atoms with Gasteiger partial charge in [-0.25, -0.2) is 0 Å². The van der Waals surface area contributed by atoms with Gasteiger partial charge in [-0.1, -0.05) is 34.6 Å². The van der Waals surface area contributed by atoms with Gasteiger partial charge in [0.1, 0.15) is 0 Å². The molecule has 4 aliphatic rings. The number of aliphatic hydroxyl groups excluding tert-OH is 3. The Morgan fingerprint density at radius 2 is 1.50 bits per heavy atom. The van der Waals surface area contributed by atoms with E-state index < -0.39 is 12.2 Å². The first kappa shape index (κ1) is 23.1. The molecule has 0 amide bonds. The molecule has 4 saturated carbocycles. The molecule has 4 unspecified atom stereocenters. The van der Waals surface area contributed by atoms with Crippen LogP contribution in [0.1, 0.15) is 98.8 Å². The van der Waals surface area contributed by atoms with Crippen molar-refractivity contribution in [1.82, 2.24) is 0 Å². The molecule has 3 heteroatoms. The summed E-state index contributed by atoms with van der Waals surface area (Å²) in [6, 6.07) is 0. The number of hydrogen-bond acceptors (Lipinski definition) is 3. The van der Waals surface area contributed by atoms with Crippen molar-refractivity contribution in [2.75, 3.05) is 0 Å². The normalized spacial score (nSPS) is 49.1. The van der Waals surface area contributed by atoms with Crippen LogP contribution in [-0.4, -0.2) is 33.6 Å². The van der Waals surface area contributed by atoms with Crippen LogP contribution in [0.5, 0.6) is 0 Å². The summed E-state index contributed by atoms with van der Waals surface area (Å²) in [5.74, 6) is 4.25. The van der Waals surface area contributed by atoms with Crippen LogP contribution in [0.3, 0.4) is 0 Å². The highest BCUT2D eigenvalue weighted by molar-refractivity contribution is 5.09. The lowest BCUT2D eigenvalue weighted by Gasteiger charge is -2.61. The maximum atomic E-state index is 10.9. The molecule has 0 bridgehead atoms. The van der Waals surface area contributed by atoms with Crippen molar-refractivity contribution < 1.29 is 15.3 Å². The van der Waals surface area contributed by atoms with E-state index in [0.717, 1.165) is 42.9 Å². The molecular weight excluding hydrogens is 372 g/mol. The van der Waals surface area contributed by atoms with E-state index in [1.807, 2.05) is 0 Å². The van der Waals surface area contributed by atoms with Crippen LogP contribution in [-0.2, 0) is 0 Å². The summed E-state index contributed by atoms with van der Waals surface area (Å²) in [5.41, 5.74) is 0.768. The molecule has 0 aliphatic heterocycles. The van der Waals surface area contributed by atoms with Crippen molar-refractivity contribution in [2.45, 2.75) is 117 Å². The lowest BCUT2D eigenvalue weighted by Crippen LogP contribution is -2.54. The molecule has 3 N–H and O–H groups in total. The maximum absolute atomic E-state index is 10.9. The Hall–Kier alpha value is -0.120. The Labute approximate surface area is 185 Å². The van der Waals surface area contributed by atoms with Crippen LogP contribution in [0.25, 0.3) is 0 Å². The number of aliphatic hydroxyl groups is 3. The number of hydrogen-bond donors (Lipinski definition) is 3. The summed E-state index contributed by atoms with van der Waals surface area (Å²) in [7, 11) is 0. The largest absolute Gasteiger partial charge is 0.393 e. The first-order valence-electron chi connectivity index (χ1n) is 13.1. The quantitative estimate of drug-likeness (QED) is 0.557. The van der Waals surface area contributed by atoms with E-state index in [-0.39, 0.29) is 12.0 Å². The number of fused-ring (bicyclic) bond motifs is 5. The summed E-state index contributed by atoms with van der Waals surface area (Å²) in [6.07, 6.45) is 10.6. The van der Waals surface area contributed by atoms with Crippen molar-refractivity contribution in [2.24, 2.45) is 52.3 Å². The third-order valence-corrected chi connectivity index (χ3v) is 11.3. The van der Waals surface area contributed by atoms with Gasteiger partial charge < -0.3 is 15.3 Å². The Morgan fingerprint density at radius 1 is 0.833 bits per heavy atom. The minimum atomic E-state index is -0.605. The van der Waals surface area contributed by atoms with E-state index in [2.05, 4.69) is 34.6 Å². The summed E-state index contributed by atoms with van der Waals surface area (Å²) in [5, 5.41) is 31.8. The molecule has 30 heavy (non-hydrogen) atoms. The summed E-state index contributed by atoms with van der Waals surface area (Å²) in [6.45, 7) is 11.4. The average molecular weight is 421 g/mol. The zero-order valence-electron chi connectivity index (χ0n) is 20.2. The third kappa shape index (κ3) is 3.69. The zero-order valence-corrected chi connectivity index (χ0v) is 20.2. The monoisotopic (exact) mass is 420 g/mol. The van der Waals surface area contributed by atoms with E-state index in [1.54, 1.807) is 0 Å². The Balaban J connectivity index is 1.46. The van der Waals surface area contributed by atoms with Crippen molar-refractivity contribution in [1.29, 1.82) is 0 Å². The minimum Gasteiger partial charge on any atom is -0.393 e. The van der Waals surface area contributed by atoms with Crippen molar-refractivity contribution in [3.63, 3.8) is 0 Å². The smallest absolute Gasteiger partial charge is 0.0827 e. The Morgan fingerprint density at radius 3 is 2.20 bits per heavy atom. The summed E-state index contributed by atoms with van der Waals surface area (Å²) < 4.78 is 0. The Bertz CT molecular complexity index is 605. The van der Waals surface area contributed by atoms with Crippen molar-refractivity contribution in [3.8, 4) is 0 Å². The van der Waals surface area contributed by atoms with Gasteiger partial charge in [0, 0.05) is 0 Å². The second kappa shape index (κ2) is 8.34. The molecule has 0 aromatic carbocycles. The van der Waals surface area contributed by atoms with E-state index in [4.69, 9.17) is 0 Å². The molecule has 0 radical (unpaired) electrons. The molecule has 4 aliphatic carbocycles. The predicted octanol–water partition coefficient (Wildman–Crippen LogP) is 5.41. The van der Waals surface area contributed by atoms with Crippen molar-refractivity contribution >= 4 is 0 Å². The fraction of sp³-hybridized carbons (Fsp3) is 1.00. The van der Waals surface area contributed by atoms with E-state index >= 15 is 0 Å². The van der Waals surface area contributed by atoms with Gasteiger partial charge in [0.05, 0.1) is 18.3 Å². The lowest BCUT2D eigenvalue weighted by molar-refractivity contribution is -0.130. The molecule has 11 atom stereocenters. The van der Waals surface area contributed by atoms with Gasteiger partial charge in [0.2, 0.25) is 0 Å². The van der Waals surface area contributed by atoms with Crippen LogP contribution in [0.15, 0.2) is 0 Å². The molecule has 174 valence electrons. The highest BCUT2D eigenvalue weighted by Crippen LogP contribution is 2.67. The van der Waals surface area contributed by atoms with Gasteiger partial charge in [-0.05, 0) is 116 Å². The van der Waals surface area contributed by atoms with Gasteiger partial charge in [-0.2, -0.15) is 0 Å². The SMILES string of the molecule is CC(C)[C@H](C)[C@@H](O)[C@H](O)CC1CCC2C3CC[C@H]4C[C@@H](O)CC[C@]4(C)C3CC[C@]12C. The molecule has 0 spiro atoms. The fourth-order valence-electron chi connectivity index (χ4n) is 8.91. The first-order valence-corrected chi connectivity index (χ1v) is 13.1. The molecule has 0 heterocycles. The van der Waals surface area contributed by atoms with Gasteiger partial charge >= 0.3 is 0 Å². The van der Waals surface area contributed by atoms with Crippen LogP contribution < -0.4 is 0 Å². The van der Waals surface area contributed by atoms with Crippen LogP contribution in [0.2, 0.25) is 0 Å². The first-order chi connectivity index (χ1) is 14.1. The zero-order chi connectivity index (χ0) is 21.8. The second-order valence-corrected chi connectivity index (χ2v) is 12.8. The fourth-order valence-corrected chi connectivity index (χ4v) is 8.91. The van der Waals surface area contributed by atoms with Gasteiger partial charge in [-0.3, -0.25) is 0 Å². The predicted molar refractivity (Wildman–Crippen MR) is 122 cm³/mol. The summed E-state index contributed by atoms with van der Waals surface area (Å²) in [4.78, 5) is 0. The third-order valence-electron chi connectivity index (χ3n) is 11.3. The van der Waals surface area contributed by atoms with Crippen LogP contribution in [0, 0.1) is 52.3 Å². The van der Waals surface area contributed by atoms with E-state index in [9.17, 15) is 15.3 Å². The molecule has 4 fully saturated rings. The highest BCUT2D eigenvalue weighted by Gasteiger charge is 2.60. The molecule has 0 aromatic rings. The molecule has 0 aromatic heterocycles. The van der Waals surface area contributed by atoms with E-state index in [1.165, 1.54) is 44.9 Å². The Kier molecular flexibility index (Phi) is 6.41. The standard InChI is InChI=1S/C27H48O3/c1-16(2)17(3)25(30)24(29)15-19-7-9-22-21-8-6-18-14-20(28)10-12-26(18,4)23(21)11-13-27(19,22)5/h16-25,28-30H,6-15H2,1-5H3/t17-,18-,19?,20-,21?,22?,23?,24+,25+,26-,27+/m0/s1. The molecule has 4 rings (SSSR count). The van der Waals surface area contributed by atoms with Gasteiger partial charge in [-0.15, -0.1) is 0 Å². The minimum absolute atomic E-state index is 0.0644. The van der Waals surface area contributed by atoms with Crippen molar-refractivity contribution in [3.05, 3.63) is 0 Å². The second-order valence-electron chi connectivity index (χ2n) is 12.8. The molecule has 0 saturated heterocycles. The van der Waals surface area contributed by atoms with Crippen LogP contribution in [0.4, 0.5) is 0 Å². The van der Waals surface area contributed by atoms with Crippen LogP contribution >= 0.6 is 0 Å². The molecular formula is C27H48O3. The average Bonchev–Trinajstić information content (AvgIpc) is 3.03. The highest BCUT2D eigenvalue weighted by atomic mass is 16.3. The van der Waals surface area contributed by atoms with Gasteiger partial charge in [0.15, 0.2) is 0 Å². The maximum Gasteiger partial charge on any atom is 0.0827 e. The topological polar surface area (TPSA) is 60.7 Å².